The summed E-state index contributed by atoms with van der Waals surface area (Å²) >= 11 is 7.60. The minimum atomic E-state index is -3.48. The monoisotopic (exact) mass is 334 g/mol. The first-order valence-electron chi connectivity index (χ1n) is 6.36. The van der Waals surface area contributed by atoms with Gasteiger partial charge in [0.1, 0.15) is 0 Å². The predicted octanol–water partition coefficient (Wildman–Crippen LogP) is 2.42. The van der Waals surface area contributed by atoms with E-state index in [9.17, 15) is 8.42 Å². The van der Waals surface area contributed by atoms with E-state index in [1.807, 2.05) is 13.2 Å². The van der Waals surface area contributed by atoms with E-state index < -0.39 is 10.0 Å². The molecular weight excluding hydrogens is 316 g/mol. The highest BCUT2D eigenvalue weighted by atomic mass is 35.5. The maximum absolute atomic E-state index is 12.6. The third-order valence-corrected chi connectivity index (χ3v) is 6.84. The summed E-state index contributed by atoms with van der Waals surface area (Å²) < 4.78 is 26.7. The predicted molar refractivity (Wildman–Crippen MR) is 83.8 cm³/mol. The lowest BCUT2D eigenvalue weighted by Crippen LogP contribution is -2.34. The Labute approximate surface area is 129 Å². The van der Waals surface area contributed by atoms with Crippen molar-refractivity contribution >= 4 is 33.4 Å². The number of thioether (sulfide) groups is 1. The number of hydrogen-bond acceptors (Lipinski definition) is 4. The zero-order chi connectivity index (χ0) is 15.0. The van der Waals surface area contributed by atoms with Gasteiger partial charge in [0.05, 0.1) is 9.92 Å². The average molecular weight is 335 g/mol. The lowest BCUT2D eigenvalue weighted by atomic mass is 9.90. The van der Waals surface area contributed by atoms with Crippen LogP contribution in [0.1, 0.15) is 13.3 Å². The fraction of sp³-hybridized carbons (Fsp3) is 0.538. The molecule has 0 aromatic heterocycles. The van der Waals surface area contributed by atoms with Crippen molar-refractivity contribution in [2.75, 3.05) is 25.9 Å². The average Bonchev–Trinajstić information content (AvgIpc) is 2.83. The zero-order valence-corrected chi connectivity index (χ0v) is 14.0. The number of sulfonamides is 1. The molecule has 0 spiro atoms. The molecular formula is C13H19ClN2O2S2. The van der Waals surface area contributed by atoms with E-state index in [4.69, 9.17) is 17.3 Å². The van der Waals surface area contributed by atoms with Gasteiger partial charge in [-0.15, -0.1) is 11.8 Å². The molecule has 1 aliphatic rings. The van der Waals surface area contributed by atoms with Gasteiger partial charge in [-0.1, -0.05) is 18.5 Å². The first-order chi connectivity index (χ1) is 9.32. The molecule has 1 aromatic carbocycles. The van der Waals surface area contributed by atoms with Crippen LogP contribution in [0.2, 0.25) is 5.02 Å². The summed E-state index contributed by atoms with van der Waals surface area (Å²) in [4.78, 5) is 1.13. The van der Waals surface area contributed by atoms with Gasteiger partial charge in [-0.05, 0) is 42.8 Å². The van der Waals surface area contributed by atoms with Gasteiger partial charge in [0, 0.05) is 18.0 Å². The topological polar surface area (TPSA) is 63.4 Å². The summed E-state index contributed by atoms with van der Waals surface area (Å²) in [6, 6.07) is 4.89. The van der Waals surface area contributed by atoms with Crippen LogP contribution in [-0.2, 0) is 10.0 Å². The summed E-state index contributed by atoms with van der Waals surface area (Å²) in [6.45, 7) is 3.49. The van der Waals surface area contributed by atoms with E-state index in [1.165, 1.54) is 22.1 Å². The minimum absolute atomic E-state index is 0.129. The van der Waals surface area contributed by atoms with Crippen LogP contribution in [0.15, 0.2) is 28.0 Å². The Bertz CT molecular complexity index is 606. The molecule has 0 radical (unpaired) electrons. The summed E-state index contributed by atoms with van der Waals surface area (Å²) in [5.41, 5.74) is 5.60. The highest BCUT2D eigenvalue weighted by molar-refractivity contribution is 7.98. The summed E-state index contributed by atoms with van der Waals surface area (Å²) in [5.74, 6) is 0. The molecule has 1 fully saturated rings. The number of hydrogen-bond donors (Lipinski definition) is 1. The minimum Gasteiger partial charge on any atom is -0.330 e. The van der Waals surface area contributed by atoms with Gasteiger partial charge in [0.15, 0.2) is 0 Å². The van der Waals surface area contributed by atoms with Crippen molar-refractivity contribution in [3.63, 3.8) is 0 Å². The Kier molecular flexibility index (Phi) is 4.71. The van der Waals surface area contributed by atoms with Crippen LogP contribution in [0.4, 0.5) is 0 Å². The van der Waals surface area contributed by atoms with Gasteiger partial charge in [-0.25, -0.2) is 8.42 Å². The highest BCUT2D eigenvalue weighted by Gasteiger charge is 2.39. The molecule has 20 heavy (non-hydrogen) atoms. The van der Waals surface area contributed by atoms with E-state index in [0.717, 1.165) is 11.3 Å². The summed E-state index contributed by atoms with van der Waals surface area (Å²) in [6.07, 6.45) is 2.70. The van der Waals surface area contributed by atoms with Gasteiger partial charge >= 0.3 is 0 Å². The van der Waals surface area contributed by atoms with Crippen molar-refractivity contribution in [1.82, 2.24) is 4.31 Å². The second kappa shape index (κ2) is 5.85. The number of halogens is 1. The van der Waals surface area contributed by atoms with Crippen LogP contribution in [-0.4, -0.2) is 38.6 Å². The number of nitrogens with zero attached hydrogens (tertiary/aromatic N) is 1. The fourth-order valence-electron chi connectivity index (χ4n) is 2.31. The van der Waals surface area contributed by atoms with Crippen molar-refractivity contribution in [3.8, 4) is 0 Å². The van der Waals surface area contributed by atoms with Crippen molar-refractivity contribution in [2.24, 2.45) is 11.1 Å². The standard InChI is InChI=1S/C13H19ClN2O2S2/c1-13(8-15)5-6-16(9-13)20(17,18)10-3-4-12(19-2)11(14)7-10/h3-4,7H,5-6,8-9,15H2,1-2H3. The van der Waals surface area contributed by atoms with Crippen LogP contribution >= 0.6 is 23.4 Å². The van der Waals surface area contributed by atoms with Crippen LogP contribution in [0.5, 0.6) is 0 Å². The fourth-order valence-corrected chi connectivity index (χ4v) is 4.86. The van der Waals surface area contributed by atoms with Crippen LogP contribution in [0.3, 0.4) is 0 Å². The van der Waals surface area contributed by atoms with E-state index in [2.05, 4.69) is 0 Å². The molecule has 0 amide bonds. The molecule has 2 rings (SSSR count). The lowest BCUT2D eigenvalue weighted by molar-refractivity contribution is 0.349. The van der Waals surface area contributed by atoms with Crippen LogP contribution in [0.25, 0.3) is 0 Å². The molecule has 1 aromatic rings. The Morgan fingerprint density at radius 2 is 2.20 bits per heavy atom. The first kappa shape index (κ1) is 16.1. The molecule has 0 saturated carbocycles. The van der Waals surface area contributed by atoms with E-state index in [-0.39, 0.29) is 10.3 Å². The second-order valence-electron chi connectivity index (χ2n) is 5.40. The van der Waals surface area contributed by atoms with E-state index >= 15 is 0 Å². The third kappa shape index (κ3) is 2.99. The largest absolute Gasteiger partial charge is 0.330 e. The number of rotatable bonds is 4. The molecule has 7 heteroatoms. The van der Waals surface area contributed by atoms with E-state index in [1.54, 1.807) is 12.1 Å². The quantitative estimate of drug-likeness (QED) is 0.859. The molecule has 4 nitrogen and oxygen atoms in total. The molecule has 2 N–H and O–H groups in total. The lowest BCUT2D eigenvalue weighted by Gasteiger charge is -2.22. The highest BCUT2D eigenvalue weighted by Crippen LogP contribution is 2.34. The normalized spacial score (nSPS) is 24.2. The molecule has 1 aliphatic heterocycles. The maximum atomic E-state index is 12.6. The number of benzene rings is 1. The van der Waals surface area contributed by atoms with Gasteiger partial charge in [0.2, 0.25) is 10.0 Å². The van der Waals surface area contributed by atoms with Crippen molar-refractivity contribution < 1.29 is 8.42 Å². The Morgan fingerprint density at radius 1 is 1.50 bits per heavy atom. The Hall–Kier alpha value is -0.270. The first-order valence-corrected chi connectivity index (χ1v) is 9.40. The molecule has 1 heterocycles. The smallest absolute Gasteiger partial charge is 0.243 e. The van der Waals surface area contributed by atoms with Gasteiger partial charge in [0.25, 0.3) is 0 Å². The van der Waals surface area contributed by atoms with Crippen LogP contribution in [0, 0.1) is 5.41 Å². The summed E-state index contributed by atoms with van der Waals surface area (Å²) in [5, 5.41) is 0.472. The molecule has 1 unspecified atom stereocenters. The molecule has 1 atom stereocenters. The molecule has 0 bridgehead atoms. The second-order valence-corrected chi connectivity index (χ2v) is 8.59. The number of nitrogens with two attached hydrogens (primary N) is 1. The van der Waals surface area contributed by atoms with Crippen molar-refractivity contribution in [2.45, 2.75) is 23.1 Å². The van der Waals surface area contributed by atoms with Crippen molar-refractivity contribution in [1.29, 1.82) is 0 Å². The van der Waals surface area contributed by atoms with Gasteiger partial charge in [-0.3, -0.25) is 0 Å². The van der Waals surface area contributed by atoms with Gasteiger partial charge in [-0.2, -0.15) is 4.31 Å². The van der Waals surface area contributed by atoms with Crippen LogP contribution < -0.4 is 5.73 Å². The maximum Gasteiger partial charge on any atom is 0.243 e. The third-order valence-electron chi connectivity index (χ3n) is 3.78. The molecule has 1 saturated heterocycles. The Balaban J connectivity index is 2.30. The SMILES string of the molecule is CSc1ccc(S(=O)(=O)N2CCC(C)(CN)C2)cc1Cl. The Morgan fingerprint density at radius 3 is 2.70 bits per heavy atom. The van der Waals surface area contributed by atoms with Crippen molar-refractivity contribution in [3.05, 3.63) is 23.2 Å². The van der Waals surface area contributed by atoms with Gasteiger partial charge < -0.3 is 5.73 Å². The van der Waals surface area contributed by atoms with E-state index in [0.29, 0.717) is 24.7 Å². The molecule has 0 aliphatic carbocycles. The summed E-state index contributed by atoms with van der Waals surface area (Å²) in [7, 11) is -3.48. The zero-order valence-electron chi connectivity index (χ0n) is 11.6. The molecule has 112 valence electrons.